The van der Waals surface area contributed by atoms with Crippen LogP contribution in [0, 0.1) is 10.1 Å². The lowest BCUT2D eigenvalue weighted by Gasteiger charge is -2.12. The molecule has 33 heavy (non-hydrogen) atoms. The topological polar surface area (TPSA) is 137 Å². The van der Waals surface area contributed by atoms with Gasteiger partial charge in [0.15, 0.2) is 17.3 Å². The number of nitro benzene ring substituents is 1. The van der Waals surface area contributed by atoms with E-state index >= 15 is 0 Å². The fraction of sp³-hybridized carbons (Fsp3) is 0.136. The van der Waals surface area contributed by atoms with Crippen LogP contribution >= 0.6 is 11.3 Å². The van der Waals surface area contributed by atoms with Gasteiger partial charge in [0, 0.05) is 35.4 Å². The molecule has 0 radical (unpaired) electrons. The average molecular weight is 464 g/mol. The zero-order chi connectivity index (χ0) is 22.9. The largest absolute Gasteiger partial charge is 0.477 e. The second kappa shape index (κ2) is 8.36. The molecule has 3 heterocycles. The molecule has 2 aromatic carbocycles. The van der Waals surface area contributed by atoms with Crippen molar-refractivity contribution in [2.75, 3.05) is 18.7 Å². The molecule has 0 atom stereocenters. The Bertz CT molecular complexity index is 1400. The lowest BCUT2D eigenvalue weighted by molar-refractivity contribution is -0.385. The number of rotatable bonds is 7. The molecule has 0 fully saturated rings. The number of carbonyl (C=O) groups is 1. The summed E-state index contributed by atoms with van der Waals surface area (Å²) in [6.45, 7) is 0.645. The molecule has 0 amide bonds. The van der Waals surface area contributed by atoms with Gasteiger partial charge in [-0.1, -0.05) is 6.07 Å². The number of hydrogen-bond donors (Lipinski definition) is 2. The van der Waals surface area contributed by atoms with E-state index in [-0.39, 0.29) is 18.2 Å². The molecule has 2 aromatic heterocycles. The van der Waals surface area contributed by atoms with Crippen molar-refractivity contribution in [1.29, 1.82) is 0 Å². The third-order valence-electron chi connectivity index (χ3n) is 5.16. The Hall–Kier alpha value is -4.25. The SMILES string of the molecule is O=C(O)c1c(-c2ncc3ccsc3n2)cc(NCCc2ccc3c(c2)OCO3)cc1[N+](=O)[O-]. The first kappa shape index (κ1) is 20.6. The van der Waals surface area contributed by atoms with Crippen LogP contribution in [-0.4, -0.2) is 39.3 Å². The standard InChI is InChI=1S/C22H16N4O6S/c27-22(28)19-15(20-24-10-13-4-6-33-21(13)25-20)8-14(9-16(19)26(29)30)23-5-3-12-1-2-17-18(7-12)32-11-31-17/h1-2,4,6-10,23H,3,5,11H2,(H,27,28). The van der Waals surface area contributed by atoms with Crippen LogP contribution in [0.4, 0.5) is 11.4 Å². The van der Waals surface area contributed by atoms with E-state index in [0.717, 1.165) is 10.9 Å². The highest BCUT2D eigenvalue weighted by Crippen LogP contribution is 2.35. The fourth-order valence-electron chi connectivity index (χ4n) is 3.61. The van der Waals surface area contributed by atoms with E-state index in [0.29, 0.717) is 35.0 Å². The molecule has 0 spiro atoms. The zero-order valence-corrected chi connectivity index (χ0v) is 17.8. The molecular weight excluding hydrogens is 448 g/mol. The Morgan fingerprint density at radius 1 is 1.21 bits per heavy atom. The average Bonchev–Trinajstić information content (AvgIpc) is 3.46. The molecule has 0 aliphatic carbocycles. The third-order valence-corrected chi connectivity index (χ3v) is 5.98. The van der Waals surface area contributed by atoms with Gasteiger partial charge < -0.3 is 19.9 Å². The molecule has 2 N–H and O–H groups in total. The first-order valence-corrected chi connectivity index (χ1v) is 10.8. The maximum atomic E-state index is 11.9. The third kappa shape index (κ3) is 4.01. The number of aromatic nitrogens is 2. The van der Waals surface area contributed by atoms with Crippen molar-refractivity contribution in [3.63, 3.8) is 0 Å². The van der Waals surface area contributed by atoms with Gasteiger partial charge >= 0.3 is 5.97 Å². The molecule has 0 bridgehead atoms. The van der Waals surface area contributed by atoms with Gasteiger partial charge in [0.1, 0.15) is 10.4 Å². The van der Waals surface area contributed by atoms with E-state index in [2.05, 4.69) is 15.3 Å². The number of thiophene rings is 1. The molecule has 4 aromatic rings. The fourth-order valence-corrected chi connectivity index (χ4v) is 4.35. The lowest BCUT2D eigenvalue weighted by Crippen LogP contribution is -2.10. The summed E-state index contributed by atoms with van der Waals surface area (Å²) in [6.07, 6.45) is 2.18. The van der Waals surface area contributed by atoms with E-state index < -0.39 is 22.1 Å². The van der Waals surface area contributed by atoms with Gasteiger partial charge in [0.25, 0.3) is 5.69 Å². The van der Waals surface area contributed by atoms with Crippen LogP contribution in [0.15, 0.2) is 48.0 Å². The van der Waals surface area contributed by atoms with Crippen molar-refractivity contribution in [3.05, 3.63) is 69.2 Å². The number of fused-ring (bicyclic) bond motifs is 2. The predicted molar refractivity (Wildman–Crippen MR) is 121 cm³/mol. The summed E-state index contributed by atoms with van der Waals surface area (Å²) in [7, 11) is 0. The molecule has 0 saturated carbocycles. The highest BCUT2D eigenvalue weighted by Gasteiger charge is 2.27. The van der Waals surface area contributed by atoms with Crippen LogP contribution in [-0.2, 0) is 6.42 Å². The Labute approximate surface area is 190 Å². The van der Waals surface area contributed by atoms with Crippen molar-refractivity contribution in [1.82, 2.24) is 9.97 Å². The van der Waals surface area contributed by atoms with Gasteiger partial charge in [0.2, 0.25) is 6.79 Å². The van der Waals surface area contributed by atoms with Crippen LogP contribution in [0.5, 0.6) is 11.5 Å². The van der Waals surface area contributed by atoms with E-state index in [1.54, 1.807) is 6.20 Å². The summed E-state index contributed by atoms with van der Waals surface area (Å²) in [5, 5.41) is 27.2. The van der Waals surface area contributed by atoms with Crippen molar-refractivity contribution >= 4 is 38.9 Å². The van der Waals surface area contributed by atoms with Crippen molar-refractivity contribution < 1.29 is 24.3 Å². The number of nitro groups is 1. The maximum Gasteiger partial charge on any atom is 0.343 e. The highest BCUT2D eigenvalue weighted by atomic mass is 32.1. The molecule has 166 valence electrons. The Morgan fingerprint density at radius 2 is 2.06 bits per heavy atom. The number of benzene rings is 2. The van der Waals surface area contributed by atoms with Crippen molar-refractivity contribution in [3.8, 4) is 22.9 Å². The minimum Gasteiger partial charge on any atom is -0.477 e. The van der Waals surface area contributed by atoms with Crippen LogP contribution in [0.1, 0.15) is 15.9 Å². The molecule has 11 heteroatoms. The molecule has 1 aliphatic rings. The number of anilines is 1. The van der Waals surface area contributed by atoms with Crippen molar-refractivity contribution in [2.24, 2.45) is 0 Å². The summed E-state index contributed by atoms with van der Waals surface area (Å²) in [5.41, 5.74) is 0.502. The van der Waals surface area contributed by atoms with Crippen LogP contribution in [0.3, 0.4) is 0 Å². The van der Waals surface area contributed by atoms with Crippen LogP contribution < -0.4 is 14.8 Å². The smallest absolute Gasteiger partial charge is 0.343 e. The summed E-state index contributed by atoms with van der Waals surface area (Å²) < 4.78 is 10.7. The molecule has 10 nitrogen and oxygen atoms in total. The number of carboxylic acid groups (broad SMARTS) is 1. The number of carboxylic acids is 1. The number of nitrogens with one attached hydrogen (secondary N) is 1. The minimum absolute atomic E-state index is 0.0811. The van der Waals surface area contributed by atoms with E-state index in [1.807, 2.05) is 29.6 Å². The van der Waals surface area contributed by atoms with E-state index in [4.69, 9.17) is 9.47 Å². The molecule has 5 rings (SSSR count). The predicted octanol–water partition coefficient (Wildman–Crippen LogP) is 4.35. The quantitative estimate of drug-likeness (QED) is 0.302. The molecule has 1 aliphatic heterocycles. The highest BCUT2D eigenvalue weighted by molar-refractivity contribution is 7.16. The van der Waals surface area contributed by atoms with Crippen molar-refractivity contribution in [2.45, 2.75) is 6.42 Å². The van der Waals surface area contributed by atoms with E-state index in [1.165, 1.54) is 23.5 Å². The summed E-state index contributed by atoms with van der Waals surface area (Å²) >= 11 is 1.38. The minimum atomic E-state index is -1.42. The maximum absolute atomic E-state index is 11.9. The Balaban J connectivity index is 1.47. The molecular formula is C22H16N4O6S. The van der Waals surface area contributed by atoms with Gasteiger partial charge in [-0.3, -0.25) is 10.1 Å². The second-order valence-electron chi connectivity index (χ2n) is 7.22. The lowest BCUT2D eigenvalue weighted by atomic mass is 10.0. The summed E-state index contributed by atoms with van der Waals surface area (Å²) in [5.74, 6) is 0.0691. The van der Waals surface area contributed by atoms with Crippen LogP contribution in [0.25, 0.3) is 21.6 Å². The summed E-state index contributed by atoms with van der Waals surface area (Å²) in [6, 6.07) is 10.2. The number of nitrogens with zero attached hydrogens (tertiary/aromatic N) is 3. The first-order valence-electron chi connectivity index (χ1n) is 9.88. The molecule has 0 unspecified atom stereocenters. The normalized spacial score (nSPS) is 12.1. The van der Waals surface area contributed by atoms with Crippen LogP contribution in [0.2, 0.25) is 0 Å². The monoisotopic (exact) mass is 464 g/mol. The zero-order valence-electron chi connectivity index (χ0n) is 17.0. The second-order valence-corrected chi connectivity index (χ2v) is 8.11. The van der Waals surface area contributed by atoms with Gasteiger partial charge in [-0.15, -0.1) is 11.3 Å². The van der Waals surface area contributed by atoms with E-state index in [9.17, 15) is 20.0 Å². The van der Waals surface area contributed by atoms with Gasteiger partial charge in [0.05, 0.1) is 4.92 Å². The number of hydrogen-bond acceptors (Lipinski definition) is 9. The summed E-state index contributed by atoms with van der Waals surface area (Å²) in [4.78, 5) is 32.3. The van der Waals surface area contributed by atoms with Gasteiger partial charge in [-0.25, -0.2) is 14.8 Å². The van der Waals surface area contributed by atoms with Gasteiger partial charge in [-0.05, 0) is 41.6 Å². The first-order chi connectivity index (χ1) is 16.0. The number of aromatic carboxylic acids is 1. The number of ether oxygens (including phenoxy) is 2. The Morgan fingerprint density at radius 3 is 2.88 bits per heavy atom. The molecule has 0 saturated heterocycles. The van der Waals surface area contributed by atoms with Gasteiger partial charge in [-0.2, -0.15) is 0 Å². The Kier molecular flexibility index (Phi) is 5.23.